The average molecular weight is 274 g/mol. The largest absolute Gasteiger partial charge is 0.384 e. The Bertz CT molecular complexity index is 540. The quantitative estimate of drug-likeness (QED) is 0.906. The van der Waals surface area contributed by atoms with Crippen molar-refractivity contribution in [2.45, 2.75) is 59.5 Å². The Morgan fingerprint density at radius 1 is 1.25 bits per heavy atom. The van der Waals surface area contributed by atoms with E-state index >= 15 is 0 Å². The lowest BCUT2D eigenvalue weighted by atomic mass is 9.57. The minimum Gasteiger partial charge on any atom is -0.384 e. The highest BCUT2D eigenvalue weighted by molar-refractivity contribution is 5.88. The lowest BCUT2D eigenvalue weighted by Crippen LogP contribution is -2.55. The van der Waals surface area contributed by atoms with E-state index in [9.17, 15) is 9.90 Å². The van der Waals surface area contributed by atoms with E-state index in [4.69, 9.17) is 0 Å². The van der Waals surface area contributed by atoms with Crippen LogP contribution in [-0.4, -0.2) is 10.9 Å². The summed E-state index contributed by atoms with van der Waals surface area (Å²) in [6.45, 7) is 11.8. The van der Waals surface area contributed by atoms with E-state index in [0.29, 0.717) is 12.3 Å². The van der Waals surface area contributed by atoms with Gasteiger partial charge >= 0.3 is 0 Å². The molecule has 0 radical (unpaired) electrons. The highest BCUT2D eigenvalue weighted by Crippen LogP contribution is 2.52. The number of rotatable bonds is 4. The Kier molecular flexibility index (Phi) is 3.58. The number of Topliss-reactive ketones (excluding diaryl/α,β-unsaturated/α-hetero) is 1. The first-order valence-electron chi connectivity index (χ1n) is 7.51. The maximum atomic E-state index is 12.5. The van der Waals surface area contributed by atoms with Crippen molar-refractivity contribution in [2.24, 2.45) is 11.3 Å². The number of fused-ring (bicyclic) bond motifs is 1. The van der Waals surface area contributed by atoms with Gasteiger partial charge in [-0.3, -0.25) is 4.79 Å². The number of aliphatic hydroxyl groups is 1. The Morgan fingerprint density at radius 3 is 2.35 bits per heavy atom. The number of carbonyl (C=O) groups excluding carboxylic acids is 1. The molecule has 1 aromatic rings. The minimum absolute atomic E-state index is 0.0636. The van der Waals surface area contributed by atoms with Gasteiger partial charge in [0.2, 0.25) is 0 Å². The molecule has 2 heteroatoms. The van der Waals surface area contributed by atoms with Gasteiger partial charge in [-0.1, -0.05) is 45.9 Å². The molecule has 1 N–H and O–H groups in total. The minimum atomic E-state index is -1.02. The summed E-state index contributed by atoms with van der Waals surface area (Å²) in [6, 6.07) is 6.30. The van der Waals surface area contributed by atoms with Gasteiger partial charge in [0.05, 0.1) is 5.41 Å². The van der Waals surface area contributed by atoms with Crippen LogP contribution in [0.25, 0.3) is 0 Å². The standard InChI is InChI=1S/C18H26O2/c1-11(2)13-7-8-14-10-18(20,15(14)9-13)17(5,6)16(19)12(3)4/h7-9,11-12,20H,10H2,1-6H3. The van der Waals surface area contributed by atoms with E-state index in [0.717, 1.165) is 5.56 Å². The van der Waals surface area contributed by atoms with Crippen molar-refractivity contribution in [3.63, 3.8) is 0 Å². The molecule has 2 rings (SSSR count). The zero-order valence-electron chi connectivity index (χ0n) is 13.4. The number of hydrogen-bond donors (Lipinski definition) is 1. The fraction of sp³-hybridized carbons (Fsp3) is 0.611. The molecule has 1 atom stereocenters. The van der Waals surface area contributed by atoms with Gasteiger partial charge in [0.1, 0.15) is 11.4 Å². The number of carbonyl (C=O) groups is 1. The first kappa shape index (κ1) is 15.2. The fourth-order valence-electron chi connectivity index (χ4n) is 3.24. The molecule has 0 saturated heterocycles. The molecule has 2 nitrogen and oxygen atoms in total. The lowest BCUT2D eigenvalue weighted by Gasteiger charge is -2.50. The molecule has 0 amide bonds. The maximum absolute atomic E-state index is 12.5. The highest BCUT2D eigenvalue weighted by Gasteiger charge is 2.55. The molecule has 20 heavy (non-hydrogen) atoms. The topological polar surface area (TPSA) is 37.3 Å². The molecule has 0 aromatic heterocycles. The second-order valence-electron chi connectivity index (χ2n) is 7.25. The van der Waals surface area contributed by atoms with Crippen LogP contribution in [0.3, 0.4) is 0 Å². The predicted octanol–water partition coefficient (Wildman–Crippen LogP) is 3.81. The van der Waals surface area contributed by atoms with Crippen LogP contribution in [-0.2, 0) is 16.8 Å². The molecule has 0 spiro atoms. The van der Waals surface area contributed by atoms with Crippen molar-refractivity contribution in [3.8, 4) is 0 Å². The first-order chi connectivity index (χ1) is 9.11. The molecule has 0 aliphatic heterocycles. The molecule has 0 saturated carbocycles. The van der Waals surface area contributed by atoms with Gasteiger partial charge in [-0.2, -0.15) is 0 Å². The van der Waals surface area contributed by atoms with Crippen molar-refractivity contribution in [3.05, 3.63) is 34.9 Å². The molecular weight excluding hydrogens is 248 g/mol. The van der Waals surface area contributed by atoms with E-state index in [1.807, 2.05) is 27.7 Å². The second kappa shape index (κ2) is 4.70. The second-order valence-corrected chi connectivity index (χ2v) is 7.25. The number of ketones is 1. The molecule has 1 aliphatic rings. The summed E-state index contributed by atoms with van der Waals surface area (Å²) < 4.78 is 0. The van der Waals surface area contributed by atoms with E-state index < -0.39 is 11.0 Å². The van der Waals surface area contributed by atoms with Gasteiger partial charge in [-0.15, -0.1) is 0 Å². The van der Waals surface area contributed by atoms with Crippen LogP contribution in [0.5, 0.6) is 0 Å². The monoisotopic (exact) mass is 274 g/mol. The predicted molar refractivity (Wildman–Crippen MR) is 81.8 cm³/mol. The van der Waals surface area contributed by atoms with Crippen molar-refractivity contribution < 1.29 is 9.90 Å². The highest BCUT2D eigenvalue weighted by atomic mass is 16.3. The molecule has 110 valence electrons. The number of hydrogen-bond acceptors (Lipinski definition) is 2. The summed E-state index contributed by atoms with van der Waals surface area (Å²) in [5, 5.41) is 11.1. The summed E-state index contributed by atoms with van der Waals surface area (Å²) in [6.07, 6.45) is 0.576. The van der Waals surface area contributed by atoms with Crippen LogP contribution >= 0.6 is 0 Å². The maximum Gasteiger partial charge on any atom is 0.144 e. The van der Waals surface area contributed by atoms with Gasteiger partial charge < -0.3 is 5.11 Å². The zero-order valence-corrected chi connectivity index (χ0v) is 13.4. The van der Waals surface area contributed by atoms with Crippen molar-refractivity contribution in [2.75, 3.05) is 0 Å². The van der Waals surface area contributed by atoms with Gasteiger partial charge in [0, 0.05) is 12.3 Å². The summed E-state index contributed by atoms with van der Waals surface area (Å²) in [7, 11) is 0. The summed E-state index contributed by atoms with van der Waals surface area (Å²) in [5.74, 6) is 0.487. The van der Waals surface area contributed by atoms with Gasteiger partial charge in [0.15, 0.2) is 0 Å². The van der Waals surface area contributed by atoms with Crippen LogP contribution in [0.1, 0.15) is 64.2 Å². The van der Waals surface area contributed by atoms with Gasteiger partial charge in [-0.05, 0) is 36.5 Å². The average Bonchev–Trinajstić information content (AvgIpc) is 2.35. The molecule has 1 unspecified atom stereocenters. The molecule has 0 bridgehead atoms. The lowest BCUT2D eigenvalue weighted by molar-refractivity contribution is -0.153. The van der Waals surface area contributed by atoms with Crippen molar-refractivity contribution >= 4 is 5.78 Å². The Hall–Kier alpha value is -1.15. The molecular formula is C18H26O2. The third-order valence-corrected chi connectivity index (χ3v) is 4.87. The summed E-state index contributed by atoms with van der Waals surface area (Å²) >= 11 is 0. The van der Waals surface area contributed by atoms with Gasteiger partial charge in [0.25, 0.3) is 0 Å². The first-order valence-corrected chi connectivity index (χ1v) is 7.51. The summed E-state index contributed by atoms with van der Waals surface area (Å²) in [5.41, 5.74) is 1.57. The van der Waals surface area contributed by atoms with Crippen LogP contribution in [0, 0.1) is 11.3 Å². The van der Waals surface area contributed by atoms with Crippen LogP contribution in [0.15, 0.2) is 18.2 Å². The molecule has 1 aromatic carbocycles. The normalized spacial score (nSPS) is 21.9. The Morgan fingerprint density at radius 2 is 1.85 bits per heavy atom. The van der Waals surface area contributed by atoms with Crippen LogP contribution < -0.4 is 0 Å². The third kappa shape index (κ3) is 2.01. The summed E-state index contributed by atoms with van der Waals surface area (Å²) in [4.78, 5) is 12.5. The number of benzene rings is 1. The third-order valence-electron chi connectivity index (χ3n) is 4.87. The van der Waals surface area contributed by atoms with Crippen LogP contribution in [0.2, 0.25) is 0 Å². The van der Waals surface area contributed by atoms with E-state index in [-0.39, 0.29) is 11.7 Å². The van der Waals surface area contributed by atoms with Gasteiger partial charge in [-0.25, -0.2) is 0 Å². The molecule has 0 fully saturated rings. The smallest absolute Gasteiger partial charge is 0.144 e. The van der Waals surface area contributed by atoms with Crippen LogP contribution in [0.4, 0.5) is 0 Å². The van der Waals surface area contributed by atoms with E-state index in [1.54, 1.807) is 0 Å². The van der Waals surface area contributed by atoms with Crippen molar-refractivity contribution in [1.29, 1.82) is 0 Å². The Labute approximate surface area is 122 Å². The van der Waals surface area contributed by atoms with Crippen molar-refractivity contribution in [1.82, 2.24) is 0 Å². The molecule has 0 heterocycles. The molecule has 1 aliphatic carbocycles. The SMILES string of the molecule is CC(C)C(=O)C(C)(C)C1(O)Cc2ccc(C(C)C)cc21. The zero-order chi connectivity index (χ0) is 15.3. The Balaban J connectivity index is 2.44. The fourth-order valence-corrected chi connectivity index (χ4v) is 3.24. The van der Waals surface area contributed by atoms with E-state index in [1.165, 1.54) is 11.1 Å². The van der Waals surface area contributed by atoms with E-state index in [2.05, 4.69) is 32.0 Å².